The predicted octanol–water partition coefficient (Wildman–Crippen LogP) is 2.13. The van der Waals surface area contributed by atoms with Gasteiger partial charge in [0.25, 0.3) is 0 Å². The van der Waals surface area contributed by atoms with Crippen LogP contribution < -0.4 is 19.5 Å². The molecule has 7 nitrogen and oxygen atoms in total. The van der Waals surface area contributed by atoms with Crippen molar-refractivity contribution in [3.8, 4) is 17.2 Å². The van der Waals surface area contributed by atoms with E-state index in [2.05, 4.69) is 10.3 Å². The van der Waals surface area contributed by atoms with Gasteiger partial charge >= 0.3 is 0 Å². The third-order valence-corrected chi connectivity index (χ3v) is 4.25. The Bertz CT molecular complexity index is 934. The smallest absolute Gasteiger partial charge is 0.240 e. The maximum Gasteiger partial charge on any atom is 0.240 e. The highest BCUT2D eigenvalue weighted by molar-refractivity contribution is 5.83. The summed E-state index contributed by atoms with van der Waals surface area (Å²) >= 11 is 0. The van der Waals surface area contributed by atoms with Crippen molar-refractivity contribution in [3.05, 3.63) is 48.3 Å². The van der Waals surface area contributed by atoms with Crippen LogP contribution in [-0.2, 0) is 17.9 Å². The molecule has 1 aliphatic heterocycles. The van der Waals surface area contributed by atoms with Crippen molar-refractivity contribution in [2.45, 2.75) is 13.1 Å². The number of hydrogen-bond acceptors (Lipinski definition) is 5. The number of nitrogens with zero attached hydrogens (tertiary/aromatic N) is 2. The largest absolute Gasteiger partial charge is 0.497 e. The fourth-order valence-electron chi connectivity index (χ4n) is 2.88. The average Bonchev–Trinajstić information content (AvgIpc) is 3.06. The van der Waals surface area contributed by atoms with E-state index in [0.717, 1.165) is 22.3 Å². The minimum atomic E-state index is -0.0880. The van der Waals surface area contributed by atoms with Crippen LogP contribution >= 0.6 is 0 Å². The van der Waals surface area contributed by atoms with Crippen LogP contribution in [0, 0.1) is 0 Å². The molecule has 1 amide bonds. The van der Waals surface area contributed by atoms with Crippen LogP contribution in [0.2, 0.25) is 0 Å². The second-order valence-corrected chi connectivity index (χ2v) is 5.98. The molecule has 1 aliphatic rings. The van der Waals surface area contributed by atoms with Crippen molar-refractivity contribution >= 4 is 16.9 Å². The maximum absolute atomic E-state index is 12.3. The SMILES string of the molecule is COc1ccc(CNC(=O)Cn2cnc3cc4c(cc32)OCCO4)cc1. The van der Waals surface area contributed by atoms with Gasteiger partial charge in [-0.1, -0.05) is 12.1 Å². The van der Waals surface area contributed by atoms with Crippen LogP contribution in [0.3, 0.4) is 0 Å². The zero-order valence-electron chi connectivity index (χ0n) is 14.4. The van der Waals surface area contributed by atoms with Crippen molar-refractivity contribution in [2.75, 3.05) is 20.3 Å². The highest BCUT2D eigenvalue weighted by Crippen LogP contribution is 2.34. The standard InChI is InChI=1S/C19H19N3O4/c1-24-14-4-2-13(3-5-14)10-20-19(23)11-22-12-21-15-8-17-18(9-16(15)22)26-7-6-25-17/h2-5,8-9,12H,6-7,10-11H2,1H3,(H,20,23). The molecule has 26 heavy (non-hydrogen) atoms. The Kier molecular flexibility index (Phi) is 4.35. The molecule has 0 aliphatic carbocycles. The molecule has 0 radical (unpaired) electrons. The number of rotatable bonds is 5. The lowest BCUT2D eigenvalue weighted by atomic mass is 10.2. The summed E-state index contributed by atoms with van der Waals surface area (Å²) in [6.45, 7) is 1.70. The second-order valence-electron chi connectivity index (χ2n) is 5.98. The quantitative estimate of drug-likeness (QED) is 0.761. The molecule has 4 rings (SSSR count). The summed E-state index contributed by atoms with van der Waals surface area (Å²) in [5.41, 5.74) is 2.63. The first-order valence-corrected chi connectivity index (χ1v) is 8.37. The summed E-state index contributed by atoms with van der Waals surface area (Å²) in [6.07, 6.45) is 1.66. The maximum atomic E-state index is 12.3. The van der Waals surface area contributed by atoms with Crippen LogP contribution in [-0.4, -0.2) is 35.8 Å². The van der Waals surface area contributed by atoms with E-state index in [-0.39, 0.29) is 12.5 Å². The van der Waals surface area contributed by atoms with Gasteiger partial charge in [0.1, 0.15) is 25.5 Å². The van der Waals surface area contributed by atoms with Gasteiger partial charge in [-0.05, 0) is 17.7 Å². The van der Waals surface area contributed by atoms with Gasteiger partial charge in [-0.3, -0.25) is 4.79 Å². The van der Waals surface area contributed by atoms with E-state index in [4.69, 9.17) is 14.2 Å². The summed E-state index contributed by atoms with van der Waals surface area (Å²) in [5.74, 6) is 2.08. The number of ether oxygens (including phenoxy) is 3. The Morgan fingerprint density at radius 1 is 1.19 bits per heavy atom. The number of nitrogens with one attached hydrogen (secondary N) is 1. The van der Waals surface area contributed by atoms with E-state index in [1.54, 1.807) is 18.0 Å². The number of methoxy groups -OCH3 is 1. The lowest BCUT2D eigenvalue weighted by Gasteiger charge is -2.18. The molecular formula is C19H19N3O4. The zero-order valence-corrected chi connectivity index (χ0v) is 14.4. The second kappa shape index (κ2) is 6.95. The van der Waals surface area contributed by atoms with Crippen molar-refractivity contribution in [2.24, 2.45) is 0 Å². The van der Waals surface area contributed by atoms with Crippen LogP contribution in [0.25, 0.3) is 11.0 Å². The van der Waals surface area contributed by atoms with Crippen molar-refractivity contribution in [1.29, 1.82) is 0 Å². The number of aromatic nitrogens is 2. The Hall–Kier alpha value is -3.22. The van der Waals surface area contributed by atoms with Crippen LogP contribution in [0.1, 0.15) is 5.56 Å². The lowest BCUT2D eigenvalue weighted by Crippen LogP contribution is -2.26. The lowest BCUT2D eigenvalue weighted by molar-refractivity contribution is -0.121. The molecule has 0 unspecified atom stereocenters. The summed E-state index contributed by atoms with van der Waals surface area (Å²) in [7, 11) is 1.63. The molecule has 1 aromatic heterocycles. The van der Waals surface area contributed by atoms with E-state index < -0.39 is 0 Å². The molecule has 134 valence electrons. The van der Waals surface area contributed by atoms with E-state index >= 15 is 0 Å². The van der Waals surface area contributed by atoms with Crippen LogP contribution in [0.5, 0.6) is 17.2 Å². The molecule has 3 aromatic rings. The molecular weight excluding hydrogens is 334 g/mol. The van der Waals surface area contributed by atoms with Gasteiger partial charge in [0.15, 0.2) is 11.5 Å². The monoisotopic (exact) mass is 353 g/mol. The van der Waals surface area contributed by atoms with Crippen molar-refractivity contribution < 1.29 is 19.0 Å². The van der Waals surface area contributed by atoms with Gasteiger partial charge in [0.2, 0.25) is 5.91 Å². The summed E-state index contributed by atoms with van der Waals surface area (Å²) in [4.78, 5) is 16.6. The third kappa shape index (κ3) is 3.28. The predicted molar refractivity (Wildman–Crippen MR) is 95.6 cm³/mol. The van der Waals surface area contributed by atoms with Crippen LogP contribution in [0.15, 0.2) is 42.7 Å². The highest BCUT2D eigenvalue weighted by atomic mass is 16.6. The highest BCUT2D eigenvalue weighted by Gasteiger charge is 2.16. The molecule has 0 bridgehead atoms. The van der Waals surface area contributed by atoms with Gasteiger partial charge < -0.3 is 24.1 Å². The summed E-state index contributed by atoms with van der Waals surface area (Å²) in [6, 6.07) is 11.3. The molecule has 0 saturated carbocycles. The van der Waals surface area contributed by atoms with Gasteiger partial charge in [-0.15, -0.1) is 0 Å². The van der Waals surface area contributed by atoms with E-state index in [1.807, 2.05) is 36.4 Å². The number of hydrogen-bond donors (Lipinski definition) is 1. The molecule has 2 aromatic carbocycles. The van der Waals surface area contributed by atoms with Crippen molar-refractivity contribution in [3.63, 3.8) is 0 Å². The normalized spacial score (nSPS) is 12.8. The van der Waals surface area contributed by atoms with Crippen molar-refractivity contribution in [1.82, 2.24) is 14.9 Å². The molecule has 0 atom stereocenters. The van der Waals surface area contributed by atoms with Crippen LogP contribution in [0.4, 0.5) is 0 Å². The number of amides is 1. The number of carbonyl (C=O) groups excluding carboxylic acids is 1. The van der Waals surface area contributed by atoms with E-state index in [0.29, 0.717) is 31.3 Å². The average molecular weight is 353 g/mol. The van der Waals surface area contributed by atoms with Gasteiger partial charge in [-0.25, -0.2) is 4.98 Å². The minimum Gasteiger partial charge on any atom is -0.497 e. The molecule has 0 spiro atoms. The van der Waals surface area contributed by atoms with E-state index in [9.17, 15) is 4.79 Å². The minimum absolute atomic E-state index is 0.0880. The first-order chi connectivity index (χ1) is 12.7. The van der Waals surface area contributed by atoms with Gasteiger partial charge in [0.05, 0.1) is 24.5 Å². The Morgan fingerprint density at radius 2 is 1.92 bits per heavy atom. The number of imidazole rings is 1. The topological polar surface area (TPSA) is 74.6 Å². The fraction of sp³-hybridized carbons (Fsp3) is 0.263. The summed E-state index contributed by atoms with van der Waals surface area (Å²) < 4.78 is 18.1. The fourth-order valence-corrected chi connectivity index (χ4v) is 2.88. The van der Waals surface area contributed by atoms with Gasteiger partial charge in [0, 0.05) is 18.7 Å². The molecule has 1 N–H and O–H groups in total. The first-order valence-electron chi connectivity index (χ1n) is 8.37. The third-order valence-electron chi connectivity index (χ3n) is 4.25. The number of fused-ring (bicyclic) bond motifs is 2. The molecule has 0 saturated heterocycles. The Labute approximate surface area is 150 Å². The zero-order chi connectivity index (χ0) is 17.9. The Balaban J connectivity index is 1.43. The molecule has 7 heteroatoms. The number of benzene rings is 2. The first kappa shape index (κ1) is 16.3. The summed E-state index contributed by atoms with van der Waals surface area (Å²) in [5, 5.41) is 2.92. The van der Waals surface area contributed by atoms with E-state index in [1.165, 1.54) is 0 Å². The number of carbonyl (C=O) groups is 1. The molecule has 2 heterocycles. The Morgan fingerprint density at radius 3 is 2.65 bits per heavy atom. The van der Waals surface area contributed by atoms with Gasteiger partial charge in [-0.2, -0.15) is 0 Å². The molecule has 0 fully saturated rings.